The van der Waals surface area contributed by atoms with Gasteiger partial charge in [0.05, 0.1) is 4.90 Å². The summed E-state index contributed by atoms with van der Waals surface area (Å²) in [6.45, 7) is 5.36. The molecule has 0 bridgehead atoms. The summed E-state index contributed by atoms with van der Waals surface area (Å²) in [5.41, 5.74) is 0.284. The Morgan fingerprint density at radius 3 is 2.44 bits per heavy atom. The number of nitrogens with zero attached hydrogens (tertiary/aromatic N) is 2. The third-order valence-corrected chi connectivity index (χ3v) is 6.61. The molecule has 0 radical (unpaired) electrons. The van der Waals surface area contributed by atoms with E-state index in [2.05, 4.69) is 0 Å². The maximum absolute atomic E-state index is 13.0. The molecule has 1 aliphatic heterocycles. The molecule has 1 aromatic rings. The normalized spacial score (nSPS) is 21.0. The van der Waals surface area contributed by atoms with Crippen LogP contribution in [-0.4, -0.2) is 61.3 Å². The fraction of sp³-hybridized carbons (Fsp3) is 0.579. The number of sulfonamides is 1. The van der Waals surface area contributed by atoms with E-state index in [-0.39, 0.29) is 22.8 Å². The van der Waals surface area contributed by atoms with Crippen LogP contribution in [0.15, 0.2) is 29.2 Å². The molecule has 1 aromatic carbocycles. The average Bonchev–Trinajstić information content (AvgIpc) is 2.60. The lowest BCUT2D eigenvalue weighted by Crippen LogP contribution is -2.42. The first kappa shape index (κ1) is 21.4. The van der Waals surface area contributed by atoms with Gasteiger partial charge in [0.15, 0.2) is 0 Å². The summed E-state index contributed by atoms with van der Waals surface area (Å²) in [6, 6.07) is 6.08. The van der Waals surface area contributed by atoms with Gasteiger partial charge in [-0.15, -0.1) is 0 Å². The maximum atomic E-state index is 13.0. The van der Waals surface area contributed by atoms with E-state index in [0.29, 0.717) is 37.9 Å². The van der Waals surface area contributed by atoms with Crippen LogP contribution in [0.2, 0.25) is 0 Å². The second-order valence-corrected chi connectivity index (χ2v) is 9.46. The number of hydrogen-bond donors (Lipinski definition) is 1. The van der Waals surface area contributed by atoms with E-state index in [4.69, 9.17) is 5.11 Å². The van der Waals surface area contributed by atoms with Gasteiger partial charge >= 0.3 is 5.97 Å². The smallest absolute Gasteiger partial charge is 0.303 e. The van der Waals surface area contributed by atoms with Crippen LogP contribution in [-0.2, 0) is 14.8 Å². The SMILES string of the molecule is CC1CC(C)CN(S(=O)(=O)c2cccc(C(=O)N(C)CCCC(=O)O)c2)C1. The van der Waals surface area contributed by atoms with E-state index < -0.39 is 16.0 Å². The zero-order chi connectivity index (χ0) is 20.2. The van der Waals surface area contributed by atoms with Crippen molar-refractivity contribution in [1.29, 1.82) is 0 Å². The van der Waals surface area contributed by atoms with E-state index in [1.54, 1.807) is 19.2 Å². The summed E-state index contributed by atoms with van der Waals surface area (Å²) in [5, 5.41) is 8.69. The van der Waals surface area contributed by atoms with E-state index >= 15 is 0 Å². The lowest BCUT2D eigenvalue weighted by Gasteiger charge is -2.34. The average molecular weight is 397 g/mol. The molecule has 27 heavy (non-hydrogen) atoms. The van der Waals surface area contributed by atoms with Crippen LogP contribution < -0.4 is 0 Å². The van der Waals surface area contributed by atoms with E-state index in [9.17, 15) is 18.0 Å². The summed E-state index contributed by atoms with van der Waals surface area (Å²) < 4.78 is 27.5. The predicted molar refractivity (Wildman–Crippen MR) is 102 cm³/mol. The van der Waals surface area contributed by atoms with Crippen molar-refractivity contribution in [2.24, 2.45) is 11.8 Å². The van der Waals surface area contributed by atoms with Gasteiger partial charge in [-0.2, -0.15) is 4.31 Å². The zero-order valence-electron chi connectivity index (χ0n) is 16.1. The Balaban J connectivity index is 2.16. The number of hydrogen-bond acceptors (Lipinski definition) is 4. The Morgan fingerprint density at radius 2 is 1.85 bits per heavy atom. The van der Waals surface area contributed by atoms with Crippen LogP contribution in [0.3, 0.4) is 0 Å². The van der Waals surface area contributed by atoms with Crippen LogP contribution >= 0.6 is 0 Å². The molecule has 7 nitrogen and oxygen atoms in total. The minimum absolute atomic E-state index is 0.0165. The van der Waals surface area contributed by atoms with Gasteiger partial charge in [0.1, 0.15) is 0 Å². The molecule has 0 spiro atoms. The Bertz CT molecular complexity index is 783. The topological polar surface area (TPSA) is 95.0 Å². The molecule has 150 valence electrons. The molecule has 0 aliphatic carbocycles. The number of carboxylic acids is 1. The number of rotatable bonds is 7. The maximum Gasteiger partial charge on any atom is 0.303 e. The monoisotopic (exact) mass is 396 g/mol. The molecule has 1 fully saturated rings. The summed E-state index contributed by atoms with van der Waals surface area (Å²) in [7, 11) is -2.07. The summed E-state index contributed by atoms with van der Waals surface area (Å²) in [5.74, 6) is -0.630. The third-order valence-electron chi connectivity index (χ3n) is 4.78. The van der Waals surface area contributed by atoms with E-state index in [1.807, 2.05) is 13.8 Å². The van der Waals surface area contributed by atoms with Crippen molar-refractivity contribution in [1.82, 2.24) is 9.21 Å². The van der Waals surface area contributed by atoms with Crippen LogP contribution in [0, 0.1) is 11.8 Å². The minimum atomic E-state index is -3.65. The van der Waals surface area contributed by atoms with E-state index in [0.717, 1.165) is 6.42 Å². The van der Waals surface area contributed by atoms with Crippen molar-refractivity contribution in [3.05, 3.63) is 29.8 Å². The van der Waals surface area contributed by atoms with Crippen LogP contribution in [0.1, 0.15) is 43.5 Å². The number of benzene rings is 1. The highest BCUT2D eigenvalue weighted by Gasteiger charge is 2.32. The minimum Gasteiger partial charge on any atom is -0.481 e. The molecule has 2 unspecified atom stereocenters. The van der Waals surface area contributed by atoms with Crippen LogP contribution in [0.4, 0.5) is 0 Å². The highest BCUT2D eigenvalue weighted by atomic mass is 32.2. The van der Waals surface area contributed by atoms with Gasteiger partial charge in [-0.1, -0.05) is 19.9 Å². The van der Waals surface area contributed by atoms with Gasteiger partial charge in [-0.3, -0.25) is 9.59 Å². The van der Waals surface area contributed by atoms with Crippen LogP contribution in [0.25, 0.3) is 0 Å². The quantitative estimate of drug-likeness (QED) is 0.763. The van der Waals surface area contributed by atoms with Crippen molar-refractivity contribution in [2.75, 3.05) is 26.7 Å². The Kier molecular flexibility index (Phi) is 7.00. The molecule has 2 atom stereocenters. The molecule has 1 heterocycles. The molecular weight excluding hydrogens is 368 g/mol. The van der Waals surface area contributed by atoms with E-state index in [1.165, 1.54) is 21.3 Å². The fourth-order valence-corrected chi connectivity index (χ4v) is 5.26. The first-order valence-corrected chi connectivity index (χ1v) is 10.6. The van der Waals surface area contributed by atoms with Crippen molar-refractivity contribution in [2.45, 2.75) is 38.0 Å². The van der Waals surface area contributed by atoms with Gasteiger partial charge in [-0.05, 0) is 42.9 Å². The number of carboxylic acid groups (broad SMARTS) is 1. The molecule has 0 aromatic heterocycles. The zero-order valence-corrected chi connectivity index (χ0v) is 16.9. The Labute approximate surface area is 161 Å². The van der Waals surface area contributed by atoms with Gasteiger partial charge < -0.3 is 10.0 Å². The summed E-state index contributed by atoms with van der Waals surface area (Å²) >= 11 is 0. The van der Waals surface area contributed by atoms with Crippen molar-refractivity contribution in [3.8, 4) is 0 Å². The second kappa shape index (κ2) is 8.84. The molecule has 1 aliphatic rings. The lowest BCUT2D eigenvalue weighted by atomic mass is 9.94. The fourth-order valence-electron chi connectivity index (χ4n) is 3.53. The Hall–Kier alpha value is -1.93. The largest absolute Gasteiger partial charge is 0.481 e. The van der Waals surface area contributed by atoms with Gasteiger partial charge in [0.2, 0.25) is 10.0 Å². The number of amides is 1. The number of carbonyl (C=O) groups excluding carboxylic acids is 1. The standard InChI is InChI=1S/C19H28N2O5S/c1-14-10-15(2)13-21(12-14)27(25,26)17-7-4-6-16(11-17)19(24)20(3)9-5-8-18(22)23/h4,6-7,11,14-15H,5,8-10,12-13H2,1-3H3,(H,22,23). The predicted octanol–water partition coefficient (Wildman–Crippen LogP) is 2.29. The molecule has 0 saturated carbocycles. The molecular formula is C19H28N2O5S. The highest BCUT2D eigenvalue weighted by Crippen LogP contribution is 2.27. The molecule has 1 N–H and O–H groups in total. The number of carbonyl (C=O) groups is 2. The van der Waals surface area contributed by atoms with Crippen molar-refractivity contribution < 1.29 is 23.1 Å². The second-order valence-electron chi connectivity index (χ2n) is 7.52. The molecule has 1 amide bonds. The van der Waals surface area contributed by atoms with Crippen molar-refractivity contribution in [3.63, 3.8) is 0 Å². The van der Waals surface area contributed by atoms with Crippen molar-refractivity contribution >= 4 is 21.9 Å². The van der Waals surface area contributed by atoms with Gasteiger partial charge in [0.25, 0.3) is 5.91 Å². The highest BCUT2D eigenvalue weighted by molar-refractivity contribution is 7.89. The number of aliphatic carboxylic acids is 1. The van der Waals surface area contributed by atoms with Gasteiger partial charge in [0, 0.05) is 38.7 Å². The summed E-state index contributed by atoms with van der Waals surface area (Å²) in [4.78, 5) is 24.7. The first-order valence-electron chi connectivity index (χ1n) is 9.18. The third kappa shape index (κ3) is 5.52. The summed E-state index contributed by atoms with van der Waals surface area (Å²) in [6.07, 6.45) is 1.34. The first-order chi connectivity index (χ1) is 12.6. The molecule has 2 rings (SSSR count). The lowest BCUT2D eigenvalue weighted by molar-refractivity contribution is -0.137. The molecule has 1 saturated heterocycles. The van der Waals surface area contributed by atoms with Crippen LogP contribution in [0.5, 0.6) is 0 Å². The Morgan fingerprint density at radius 1 is 1.22 bits per heavy atom. The number of piperidine rings is 1. The van der Waals surface area contributed by atoms with Gasteiger partial charge in [-0.25, -0.2) is 8.42 Å². The molecule has 8 heteroatoms.